The van der Waals surface area contributed by atoms with E-state index >= 15 is 0 Å². The summed E-state index contributed by atoms with van der Waals surface area (Å²) in [7, 11) is 3.22. The molecule has 2 N–H and O–H groups in total. The van der Waals surface area contributed by atoms with Crippen LogP contribution in [0.4, 0.5) is 0 Å². The second kappa shape index (κ2) is 12.8. The lowest BCUT2D eigenvalue weighted by Gasteiger charge is -2.35. The highest BCUT2D eigenvalue weighted by molar-refractivity contribution is 5.80. The Hall–Kier alpha value is -3.10. The summed E-state index contributed by atoms with van der Waals surface area (Å²) in [5.41, 5.74) is 1.98. The van der Waals surface area contributed by atoms with Crippen LogP contribution in [0.2, 0.25) is 0 Å². The molecule has 2 amide bonds. The van der Waals surface area contributed by atoms with E-state index in [1.165, 1.54) is 0 Å². The summed E-state index contributed by atoms with van der Waals surface area (Å²) in [5, 5.41) is 5.84. The summed E-state index contributed by atoms with van der Waals surface area (Å²) in [6.07, 6.45) is 0.531. The molecule has 0 aromatic heterocycles. The van der Waals surface area contributed by atoms with E-state index < -0.39 is 0 Å². The standard InChI is InChI=1S/C25H33N3O5/c1-31-22-9-8-20(17-23(22)32-2)21(28-12-14-33-15-13-28)18-27-24(29)10-11-26-25(30)16-19-6-4-3-5-7-19/h3-9,17,21H,10-16,18H2,1-2H3,(H,26,30)(H,27,29). The summed E-state index contributed by atoms with van der Waals surface area (Å²) < 4.78 is 16.3. The maximum atomic E-state index is 12.5. The van der Waals surface area contributed by atoms with Gasteiger partial charge in [-0.3, -0.25) is 14.5 Å². The van der Waals surface area contributed by atoms with Gasteiger partial charge in [0.05, 0.1) is 39.9 Å². The van der Waals surface area contributed by atoms with Crippen molar-refractivity contribution in [2.24, 2.45) is 0 Å². The molecule has 1 unspecified atom stereocenters. The molecule has 1 aliphatic heterocycles. The molecule has 0 bridgehead atoms. The third kappa shape index (κ3) is 7.47. The first kappa shape index (κ1) is 24.5. The normalized spacial score (nSPS) is 14.8. The molecule has 1 fully saturated rings. The first-order valence-corrected chi connectivity index (χ1v) is 11.2. The zero-order valence-electron chi connectivity index (χ0n) is 19.3. The second-order valence-electron chi connectivity index (χ2n) is 7.84. The van der Waals surface area contributed by atoms with E-state index in [4.69, 9.17) is 14.2 Å². The van der Waals surface area contributed by atoms with Gasteiger partial charge >= 0.3 is 0 Å². The number of hydrogen-bond acceptors (Lipinski definition) is 6. The highest BCUT2D eigenvalue weighted by atomic mass is 16.5. The van der Waals surface area contributed by atoms with Gasteiger partial charge in [-0.2, -0.15) is 0 Å². The molecule has 1 saturated heterocycles. The van der Waals surface area contributed by atoms with Crippen molar-refractivity contribution in [1.82, 2.24) is 15.5 Å². The number of carbonyl (C=O) groups is 2. The van der Waals surface area contributed by atoms with Crippen molar-refractivity contribution in [1.29, 1.82) is 0 Å². The van der Waals surface area contributed by atoms with Crippen LogP contribution in [0.3, 0.4) is 0 Å². The maximum Gasteiger partial charge on any atom is 0.224 e. The molecule has 1 heterocycles. The zero-order chi connectivity index (χ0) is 23.5. The van der Waals surface area contributed by atoms with Crippen LogP contribution in [-0.4, -0.2) is 70.3 Å². The topological polar surface area (TPSA) is 89.1 Å². The highest BCUT2D eigenvalue weighted by Crippen LogP contribution is 2.32. The molecule has 0 spiro atoms. The van der Waals surface area contributed by atoms with E-state index in [0.29, 0.717) is 44.2 Å². The fraction of sp³-hybridized carbons (Fsp3) is 0.440. The Bertz CT molecular complexity index is 900. The summed E-state index contributed by atoms with van der Waals surface area (Å²) in [5.74, 6) is 1.12. The number of rotatable bonds is 11. The Morgan fingerprint density at radius 3 is 2.39 bits per heavy atom. The van der Waals surface area contributed by atoms with Crippen LogP contribution in [-0.2, 0) is 20.7 Å². The third-order valence-electron chi connectivity index (χ3n) is 5.65. The summed E-state index contributed by atoms with van der Waals surface area (Å²) in [6.45, 7) is 3.63. The SMILES string of the molecule is COc1ccc(C(CNC(=O)CCNC(=O)Cc2ccccc2)N2CCOCC2)cc1OC. The Kier molecular flexibility index (Phi) is 9.53. The lowest BCUT2D eigenvalue weighted by molar-refractivity contribution is -0.122. The van der Waals surface area contributed by atoms with E-state index in [0.717, 1.165) is 24.2 Å². The second-order valence-corrected chi connectivity index (χ2v) is 7.84. The van der Waals surface area contributed by atoms with Gasteiger partial charge in [0.2, 0.25) is 11.8 Å². The molecule has 178 valence electrons. The van der Waals surface area contributed by atoms with Crippen molar-refractivity contribution in [3.05, 3.63) is 59.7 Å². The van der Waals surface area contributed by atoms with E-state index in [9.17, 15) is 9.59 Å². The van der Waals surface area contributed by atoms with E-state index in [2.05, 4.69) is 15.5 Å². The van der Waals surface area contributed by atoms with E-state index in [1.54, 1.807) is 14.2 Å². The minimum atomic E-state index is -0.103. The molecule has 1 aliphatic rings. The van der Waals surface area contributed by atoms with Crippen LogP contribution in [0.5, 0.6) is 11.5 Å². The predicted octanol–water partition coefficient (Wildman–Crippen LogP) is 1.94. The van der Waals surface area contributed by atoms with Crippen LogP contribution in [0.1, 0.15) is 23.6 Å². The highest BCUT2D eigenvalue weighted by Gasteiger charge is 2.24. The average Bonchev–Trinajstić information content (AvgIpc) is 2.85. The summed E-state index contributed by atoms with van der Waals surface area (Å²) in [4.78, 5) is 26.9. The van der Waals surface area contributed by atoms with Crippen molar-refractivity contribution in [2.75, 3.05) is 53.6 Å². The largest absolute Gasteiger partial charge is 0.493 e. The van der Waals surface area contributed by atoms with Gasteiger partial charge in [0.25, 0.3) is 0 Å². The first-order valence-electron chi connectivity index (χ1n) is 11.2. The molecule has 0 aliphatic carbocycles. The number of benzene rings is 2. The fourth-order valence-corrected chi connectivity index (χ4v) is 3.87. The number of hydrogen-bond donors (Lipinski definition) is 2. The maximum absolute atomic E-state index is 12.5. The van der Waals surface area contributed by atoms with Gasteiger partial charge in [0, 0.05) is 32.6 Å². The molecule has 1 atom stereocenters. The molecule has 0 radical (unpaired) electrons. The molecule has 2 aromatic rings. The molecular weight excluding hydrogens is 422 g/mol. The van der Waals surface area contributed by atoms with Gasteiger partial charge in [0.15, 0.2) is 11.5 Å². The summed E-state index contributed by atoms with van der Waals surface area (Å²) in [6, 6.07) is 15.3. The number of methoxy groups -OCH3 is 2. The Morgan fingerprint density at radius 1 is 0.970 bits per heavy atom. The van der Waals surface area contributed by atoms with Gasteiger partial charge in [-0.1, -0.05) is 36.4 Å². The third-order valence-corrected chi connectivity index (χ3v) is 5.65. The van der Waals surface area contributed by atoms with Crippen LogP contribution in [0, 0.1) is 0 Å². The van der Waals surface area contributed by atoms with Crippen molar-refractivity contribution >= 4 is 11.8 Å². The van der Waals surface area contributed by atoms with Crippen LogP contribution >= 0.6 is 0 Å². The van der Waals surface area contributed by atoms with Crippen LogP contribution < -0.4 is 20.1 Å². The number of nitrogens with zero attached hydrogens (tertiary/aromatic N) is 1. The lowest BCUT2D eigenvalue weighted by atomic mass is 10.0. The molecular formula is C25H33N3O5. The molecule has 33 heavy (non-hydrogen) atoms. The first-order chi connectivity index (χ1) is 16.1. The molecule has 3 rings (SSSR count). The average molecular weight is 456 g/mol. The van der Waals surface area contributed by atoms with Crippen molar-refractivity contribution in [2.45, 2.75) is 18.9 Å². The molecule has 8 heteroatoms. The minimum Gasteiger partial charge on any atom is -0.493 e. The van der Waals surface area contributed by atoms with Crippen LogP contribution in [0.15, 0.2) is 48.5 Å². The Labute approximate surface area is 195 Å². The smallest absolute Gasteiger partial charge is 0.224 e. The van der Waals surface area contributed by atoms with Crippen LogP contribution in [0.25, 0.3) is 0 Å². The zero-order valence-corrected chi connectivity index (χ0v) is 19.3. The van der Waals surface area contributed by atoms with E-state index in [1.807, 2.05) is 48.5 Å². The van der Waals surface area contributed by atoms with Gasteiger partial charge < -0.3 is 24.8 Å². The minimum absolute atomic E-state index is 0.0228. The fourth-order valence-electron chi connectivity index (χ4n) is 3.87. The molecule has 0 saturated carbocycles. The number of carbonyl (C=O) groups excluding carboxylic acids is 2. The summed E-state index contributed by atoms with van der Waals surface area (Å²) >= 11 is 0. The molecule has 8 nitrogen and oxygen atoms in total. The number of ether oxygens (including phenoxy) is 3. The molecule has 2 aromatic carbocycles. The Morgan fingerprint density at radius 2 is 1.70 bits per heavy atom. The predicted molar refractivity (Wildman–Crippen MR) is 125 cm³/mol. The van der Waals surface area contributed by atoms with Gasteiger partial charge in [0.1, 0.15) is 0 Å². The van der Waals surface area contributed by atoms with Crippen molar-refractivity contribution < 1.29 is 23.8 Å². The van der Waals surface area contributed by atoms with Crippen molar-refractivity contribution in [3.63, 3.8) is 0 Å². The van der Waals surface area contributed by atoms with Gasteiger partial charge in [-0.15, -0.1) is 0 Å². The number of amides is 2. The number of morpholine rings is 1. The Balaban J connectivity index is 1.53. The van der Waals surface area contributed by atoms with Gasteiger partial charge in [-0.25, -0.2) is 0 Å². The van der Waals surface area contributed by atoms with Crippen molar-refractivity contribution in [3.8, 4) is 11.5 Å². The van der Waals surface area contributed by atoms with Gasteiger partial charge in [-0.05, 0) is 23.3 Å². The monoisotopic (exact) mass is 455 g/mol. The lowest BCUT2D eigenvalue weighted by Crippen LogP contribution is -2.44. The van der Waals surface area contributed by atoms with E-state index in [-0.39, 0.29) is 24.3 Å². The number of nitrogens with one attached hydrogen (secondary N) is 2. The quantitative estimate of drug-likeness (QED) is 0.538.